The van der Waals surface area contributed by atoms with Crippen molar-refractivity contribution in [2.24, 2.45) is 0 Å². The fraction of sp³-hybridized carbons (Fsp3) is 0.533. The van der Waals surface area contributed by atoms with Crippen LogP contribution in [0.3, 0.4) is 0 Å². The molecular weight excluding hydrogens is 224 g/mol. The molecule has 1 aliphatic rings. The highest BCUT2D eigenvalue weighted by Crippen LogP contribution is 2.39. The van der Waals surface area contributed by atoms with Crippen molar-refractivity contribution in [2.45, 2.75) is 46.1 Å². The average Bonchev–Trinajstić information content (AvgIpc) is 2.25. The lowest BCUT2D eigenvalue weighted by Crippen LogP contribution is -2.44. The van der Waals surface area contributed by atoms with E-state index in [0.717, 1.165) is 11.4 Å². The van der Waals surface area contributed by atoms with Crippen molar-refractivity contribution < 1.29 is 4.79 Å². The van der Waals surface area contributed by atoms with Crippen molar-refractivity contribution in [2.75, 3.05) is 16.8 Å². The van der Waals surface area contributed by atoms with E-state index in [1.54, 1.807) is 0 Å². The Morgan fingerprint density at radius 2 is 1.94 bits per heavy atom. The maximum absolute atomic E-state index is 12.0. The Bertz CT molecular complexity index is 472. The van der Waals surface area contributed by atoms with Gasteiger partial charge in [0.2, 0.25) is 5.91 Å². The lowest BCUT2D eigenvalue weighted by Gasteiger charge is -2.36. The van der Waals surface area contributed by atoms with E-state index in [-0.39, 0.29) is 17.4 Å². The van der Waals surface area contributed by atoms with Gasteiger partial charge in [-0.3, -0.25) is 4.79 Å². The van der Waals surface area contributed by atoms with E-state index in [0.29, 0.717) is 6.54 Å². The first-order valence-corrected chi connectivity index (χ1v) is 6.52. The van der Waals surface area contributed by atoms with E-state index in [4.69, 9.17) is 0 Å². The molecule has 0 saturated carbocycles. The summed E-state index contributed by atoms with van der Waals surface area (Å²) in [5.41, 5.74) is 3.45. The minimum atomic E-state index is 0.0708. The number of nitrogens with zero attached hydrogens (tertiary/aromatic N) is 1. The Morgan fingerprint density at radius 1 is 1.28 bits per heavy atom. The number of hydrogen-bond donors (Lipinski definition) is 1. The Labute approximate surface area is 109 Å². The number of fused-ring (bicyclic) bond motifs is 1. The van der Waals surface area contributed by atoms with E-state index < -0.39 is 0 Å². The van der Waals surface area contributed by atoms with Crippen LogP contribution in [0.25, 0.3) is 0 Å². The molecule has 0 saturated heterocycles. The van der Waals surface area contributed by atoms with Crippen molar-refractivity contribution in [3.8, 4) is 0 Å². The molecule has 1 aliphatic heterocycles. The van der Waals surface area contributed by atoms with Gasteiger partial charge in [0.25, 0.3) is 0 Å². The second-order valence-electron chi connectivity index (χ2n) is 6.16. The fourth-order valence-electron chi connectivity index (χ4n) is 2.50. The molecule has 0 atom stereocenters. The Kier molecular flexibility index (Phi) is 3.09. The van der Waals surface area contributed by atoms with Crippen LogP contribution in [0.1, 0.15) is 40.2 Å². The quantitative estimate of drug-likeness (QED) is 0.825. The number of carbonyl (C=O) groups excluding carboxylic acids is 1. The van der Waals surface area contributed by atoms with Gasteiger partial charge in [-0.05, 0) is 30.9 Å². The zero-order valence-corrected chi connectivity index (χ0v) is 11.9. The zero-order chi connectivity index (χ0) is 13.5. The highest BCUT2D eigenvalue weighted by molar-refractivity contribution is 6.03. The van der Waals surface area contributed by atoms with Gasteiger partial charge in [-0.2, -0.15) is 0 Å². The summed E-state index contributed by atoms with van der Waals surface area (Å²) in [6.45, 7) is 11.1. The number of nitrogens with one attached hydrogen (secondary N) is 1. The molecule has 0 spiro atoms. The maximum Gasteiger partial charge on any atom is 0.246 e. The molecule has 3 heteroatoms. The SMILES string of the molecule is CC(C)N1C(=O)CNc2c1cccc2C(C)(C)C. The molecule has 0 fully saturated rings. The minimum Gasteiger partial charge on any atom is -0.374 e. The maximum atomic E-state index is 12.0. The lowest BCUT2D eigenvalue weighted by atomic mass is 9.84. The van der Waals surface area contributed by atoms with Crippen LogP contribution in [-0.4, -0.2) is 18.5 Å². The Morgan fingerprint density at radius 3 is 2.50 bits per heavy atom. The highest BCUT2D eigenvalue weighted by atomic mass is 16.2. The van der Waals surface area contributed by atoms with Crippen molar-refractivity contribution in [3.05, 3.63) is 23.8 Å². The number of para-hydroxylation sites is 1. The largest absolute Gasteiger partial charge is 0.374 e. The second kappa shape index (κ2) is 4.30. The summed E-state index contributed by atoms with van der Waals surface area (Å²) in [6.07, 6.45) is 0. The van der Waals surface area contributed by atoms with Gasteiger partial charge in [0.15, 0.2) is 0 Å². The molecule has 0 radical (unpaired) electrons. The smallest absolute Gasteiger partial charge is 0.246 e. The lowest BCUT2D eigenvalue weighted by molar-refractivity contribution is -0.117. The number of carbonyl (C=O) groups is 1. The molecule has 18 heavy (non-hydrogen) atoms. The minimum absolute atomic E-state index is 0.0708. The van der Waals surface area contributed by atoms with Crippen LogP contribution in [0, 0.1) is 0 Å². The van der Waals surface area contributed by atoms with Crippen LogP contribution in [0.5, 0.6) is 0 Å². The number of benzene rings is 1. The molecule has 1 N–H and O–H groups in total. The Balaban J connectivity index is 2.58. The number of amides is 1. The summed E-state index contributed by atoms with van der Waals surface area (Å²) in [6, 6.07) is 6.39. The molecule has 3 nitrogen and oxygen atoms in total. The molecule has 0 aromatic heterocycles. The first-order valence-electron chi connectivity index (χ1n) is 6.52. The van der Waals surface area contributed by atoms with Gasteiger partial charge in [-0.15, -0.1) is 0 Å². The van der Waals surface area contributed by atoms with Gasteiger partial charge in [0, 0.05) is 6.04 Å². The number of hydrogen-bond acceptors (Lipinski definition) is 2. The van der Waals surface area contributed by atoms with Gasteiger partial charge >= 0.3 is 0 Å². The molecule has 1 aromatic rings. The number of anilines is 2. The first-order chi connectivity index (χ1) is 8.32. The topological polar surface area (TPSA) is 32.3 Å². The fourth-order valence-corrected chi connectivity index (χ4v) is 2.50. The number of rotatable bonds is 1. The summed E-state index contributed by atoms with van der Waals surface area (Å²) in [7, 11) is 0. The molecule has 0 unspecified atom stereocenters. The van der Waals surface area contributed by atoms with Crippen molar-refractivity contribution in [1.29, 1.82) is 0 Å². The third kappa shape index (κ3) is 2.09. The summed E-state index contributed by atoms with van der Waals surface area (Å²) in [4.78, 5) is 13.9. The molecular formula is C15H22N2O. The van der Waals surface area contributed by atoms with E-state index in [1.165, 1.54) is 5.56 Å². The Hall–Kier alpha value is -1.51. The molecule has 2 rings (SSSR count). The van der Waals surface area contributed by atoms with Gasteiger partial charge in [0.1, 0.15) is 0 Å². The summed E-state index contributed by atoms with van der Waals surface area (Å²) >= 11 is 0. The van der Waals surface area contributed by atoms with Gasteiger partial charge in [-0.1, -0.05) is 32.9 Å². The highest BCUT2D eigenvalue weighted by Gasteiger charge is 2.30. The summed E-state index contributed by atoms with van der Waals surface area (Å²) in [5, 5.41) is 3.28. The normalized spacial score (nSPS) is 15.7. The van der Waals surface area contributed by atoms with Gasteiger partial charge in [-0.25, -0.2) is 0 Å². The summed E-state index contributed by atoms with van der Waals surface area (Å²) < 4.78 is 0. The van der Waals surface area contributed by atoms with E-state index >= 15 is 0 Å². The molecule has 0 bridgehead atoms. The molecule has 98 valence electrons. The van der Waals surface area contributed by atoms with Crippen molar-refractivity contribution >= 4 is 17.3 Å². The van der Waals surface area contributed by atoms with Crippen LogP contribution in [0.15, 0.2) is 18.2 Å². The third-order valence-electron chi connectivity index (χ3n) is 3.31. The molecule has 1 aromatic carbocycles. The summed E-state index contributed by atoms with van der Waals surface area (Å²) in [5.74, 6) is 0.142. The zero-order valence-electron chi connectivity index (χ0n) is 11.9. The molecule has 1 amide bonds. The second-order valence-corrected chi connectivity index (χ2v) is 6.16. The van der Waals surface area contributed by atoms with Crippen molar-refractivity contribution in [3.63, 3.8) is 0 Å². The van der Waals surface area contributed by atoms with Crippen LogP contribution >= 0.6 is 0 Å². The van der Waals surface area contributed by atoms with Crippen LogP contribution in [-0.2, 0) is 10.2 Å². The predicted molar refractivity (Wildman–Crippen MR) is 76.3 cm³/mol. The standard InChI is InChI=1S/C15H22N2O/c1-10(2)17-12-8-6-7-11(15(3,4)5)14(12)16-9-13(17)18/h6-8,10,16H,9H2,1-5H3. The van der Waals surface area contributed by atoms with Crippen LogP contribution in [0.4, 0.5) is 11.4 Å². The van der Waals surface area contributed by atoms with E-state index in [1.807, 2.05) is 17.0 Å². The van der Waals surface area contributed by atoms with E-state index in [2.05, 4.69) is 46.0 Å². The van der Waals surface area contributed by atoms with Gasteiger partial charge < -0.3 is 10.2 Å². The molecule has 0 aliphatic carbocycles. The van der Waals surface area contributed by atoms with Gasteiger partial charge in [0.05, 0.1) is 17.9 Å². The van der Waals surface area contributed by atoms with Crippen LogP contribution < -0.4 is 10.2 Å². The third-order valence-corrected chi connectivity index (χ3v) is 3.31. The average molecular weight is 246 g/mol. The van der Waals surface area contributed by atoms with E-state index in [9.17, 15) is 4.79 Å². The monoisotopic (exact) mass is 246 g/mol. The predicted octanol–water partition coefficient (Wildman–Crippen LogP) is 3.15. The van der Waals surface area contributed by atoms with Crippen LogP contribution in [0.2, 0.25) is 0 Å². The van der Waals surface area contributed by atoms with Crippen molar-refractivity contribution in [1.82, 2.24) is 0 Å². The molecule has 1 heterocycles. The first kappa shape index (κ1) is 12.9.